The van der Waals surface area contributed by atoms with Crippen molar-refractivity contribution < 1.29 is 4.74 Å². The molecular weight excluding hydrogens is 176 g/mol. The molecule has 3 heteroatoms. The minimum atomic E-state index is -0.0650. The molecule has 0 radical (unpaired) electrons. The van der Waals surface area contributed by atoms with Crippen LogP contribution < -0.4 is 11.1 Å². The largest absolute Gasteiger partial charge is 0.374 e. The summed E-state index contributed by atoms with van der Waals surface area (Å²) in [4.78, 5) is 0. The molecule has 0 aliphatic carbocycles. The number of hydrogen-bond acceptors (Lipinski definition) is 3. The molecule has 0 aromatic carbocycles. The number of hydrogen-bond donors (Lipinski definition) is 2. The Balaban J connectivity index is 2.09. The molecule has 1 aliphatic rings. The SMILES string of the molecule is CC(C)(N)CCNCC1(C)CCCO1. The lowest BCUT2D eigenvalue weighted by Gasteiger charge is -2.25. The number of ether oxygens (including phenoxy) is 1. The highest BCUT2D eigenvalue weighted by molar-refractivity contribution is 4.83. The number of nitrogens with two attached hydrogens (primary N) is 1. The molecule has 0 saturated carbocycles. The molecule has 0 aromatic heterocycles. The summed E-state index contributed by atoms with van der Waals surface area (Å²) in [6.07, 6.45) is 3.37. The van der Waals surface area contributed by atoms with Gasteiger partial charge in [-0.25, -0.2) is 0 Å². The maximum Gasteiger partial charge on any atom is 0.0779 e. The molecule has 1 atom stereocenters. The van der Waals surface area contributed by atoms with Crippen LogP contribution in [0.3, 0.4) is 0 Å². The Morgan fingerprint density at radius 1 is 1.50 bits per heavy atom. The zero-order valence-corrected chi connectivity index (χ0v) is 9.73. The summed E-state index contributed by atoms with van der Waals surface area (Å²) >= 11 is 0. The van der Waals surface area contributed by atoms with E-state index in [0.717, 1.165) is 26.1 Å². The first-order chi connectivity index (χ1) is 6.41. The molecule has 3 nitrogen and oxygen atoms in total. The fourth-order valence-corrected chi connectivity index (χ4v) is 1.74. The van der Waals surface area contributed by atoms with Crippen LogP contribution in [-0.4, -0.2) is 30.8 Å². The van der Waals surface area contributed by atoms with Crippen LogP contribution in [0, 0.1) is 0 Å². The summed E-state index contributed by atoms with van der Waals surface area (Å²) in [6, 6.07) is 0. The van der Waals surface area contributed by atoms with Crippen LogP contribution in [-0.2, 0) is 4.74 Å². The topological polar surface area (TPSA) is 47.3 Å². The van der Waals surface area contributed by atoms with Gasteiger partial charge >= 0.3 is 0 Å². The van der Waals surface area contributed by atoms with E-state index in [0.29, 0.717) is 0 Å². The quantitative estimate of drug-likeness (QED) is 0.657. The first-order valence-corrected chi connectivity index (χ1v) is 5.55. The van der Waals surface area contributed by atoms with Crippen molar-refractivity contribution in [3.8, 4) is 0 Å². The van der Waals surface area contributed by atoms with Gasteiger partial charge in [-0.1, -0.05) is 0 Å². The summed E-state index contributed by atoms with van der Waals surface area (Å²) in [7, 11) is 0. The second-order valence-corrected chi connectivity index (χ2v) is 5.32. The molecule has 3 N–H and O–H groups in total. The van der Waals surface area contributed by atoms with Crippen molar-refractivity contribution in [2.45, 2.75) is 51.2 Å². The third-order valence-electron chi connectivity index (χ3n) is 2.75. The molecule has 1 rings (SSSR count). The minimum absolute atomic E-state index is 0.0650. The van der Waals surface area contributed by atoms with Crippen molar-refractivity contribution in [1.29, 1.82) is 0 Å². The standard InChI is InChI=1S/C11H24N2O/c1-10(2,12)6-7-13-9-11(3)5-4-8-14-11/h13H,4-9,12H2,1-3H3. The Bertz CT molecular complexity index is 169. The molecule has 1 heterocycles. The van der Waals surface area contributed by atoms with E-state index in [1.54, 1.807) is 0 Å². The lowest BCUT2D eigenvalue weighted by atomic mass is 10.0. The number of nitrogens with one attached hydrogen (secondary N) is 1. The Morgan fingerprint density at radius 2 is 2.21 bits per heavy atom. The highest BCUT2D eigenvalue weighted by Crippen LogP contribution is 2.23. The van der Waals surface area contributed by atoms with Crippen LogP contribution in [0.5, 0.6) is 0 Å². The predicted molar refractivity (Wildman–Crippen MR) is 59.3 cm³/mol. The van der Waals surface area contributed by atoms with Gasteiger partial charge in [-0.3, -0.25) is 0 Å². The van der Waals surface area contributed by atoms with Gasteiger partial charge in [0.2, 0.25) is 0 Å². The molecule has 1 aliphatic heterocycles. The smallest absolute Gasteiger partial charge is 0.0779 e. The monoisotopic (exact) mass is 200 g/mol. The van der Waals surface area contributed by atoms with Gasteiger partial charge in [0, 0.05) is 18.7 Å². The minimum Gasteiger partial charge on any atom is -0.374 e. The first kappa shape index (κ1) is 12.0. The van der Waals surface area contributed by atoms with Crippen LogP contribution in [0.4, 0.5) is 0 Å². The van der Waals surface area contributed by atoms with E-state index in [9.17, 15) is 0 Å². The van der Waals surface area contributed by atoms with E-state index in [1.807, 2.05) is 0 Å². The van der Waals surface area contributed by atoms with E-state index in [1.165, 1.54) is 12.8 Å². The average Bonchev–Trinajstić information content (AvgIpc) is 2.45. The molecule has 14 heavy (non-hydrogen) atoms. The van der Waals surface area contributed by atoms with Gasteiger partial charge in [0.15, 0.2) is 0 Å². The molecular formula is C11H24N2O. The van der Waals surface area contributed by atoms with Gasteiger partial charge in [0.1, 0.15) is 0 Å². The van der Waals surface area contributed by atoms with Crippen LogP contribution in [0.1, 0.15) is 40.0 Å². The predicted octanol–water partition coefficient (Wildman–Crippen LogP) is 1.27. The molecule has 0 spiro atoms. The van der Waals surface area contributed by atoms with Crippen LogP contribution in [0.2, 0.25) is 0 Å². The second kappa shape index (κ2) is 4.60. The summed E-state index contributed by atoms with van der Waals surface area (Å²) in [5.74, 6) is 0. The highest BCUT2D eigenvalue weighted by Gasteiger charge is 2.29. The molecule has 84 valence electrons. The fourth-order valence-electron chi connectivity index (χ4n) is 1.74. The van der Waals surface area contributed by atoms with E-state index in [4.69, 9.17) is 10.5 Å². The molecule has 0 bridgehead atoms. The van der Waals surface area contributed by atoms with Crippen LogP contribution in [0.15, 0.2) is 0 Å². The molecule has 1 saturated heterocycles. The lowest BCUT2D eigenvalue weighted by molar-refractivity contribution is 0.0208. The third-order valence-corrected chi connectivity index (χ3v) is 2.75. The molecule has 1 fully saturated rings. The van der Waals surface area contributed by atoms with Gasteiger partial charge < -0.3 is 15.8 Å². The van der Waals surface area contributed by atoms with Crippen molar-refractivity contribution in [3.63, 3.8) is 0 Å². The highest BCUT2D eigenvalue weighted by atomic mass is 16.5. The normalized spacial score (nSPS) is 28.3. The van der Waals surface area contributed by atoms with E-state index >= 15 is 0 Å². The van der Waals surface area contributed by atoms with Crippen molar-refractivity contribution in [2.24, 2.45) is 5.73 Å². The molecule has 0 aromatic rings. The Kier molecular flexibility index (Phi) is 3.93. The summed E-state index contributed by atoms with van der Waals surface area (Å²) in [5, 5.41) is 3.42. The van der Waals surface area contributed by atoms with Gasteiger partial charge in [-0.05, 0) is 46.6 Å². The van der Waals surface area contributed by atoms with Crippen molar-refractivity contribution in [3.05, 3.63) is 0 Å². The van der Waals surface area contributed by atoms with E-state index < -0.39 is 0 Å². The van der Waals surface area contributed by atoms with E-state index in [2.05, 4.69) is 26.1 Å². The Morgan fingerprint density at radius 3 is 2.71 bits per heavy atom. The van der Waals surface area contributed by atoms with Gasteiger partial charge in [-0.15, -0.1) is 0 Å². The fraction of sp³-hybridized carbons (Fsp3) is 1.00. The van der Waals surface area contributed by atoms with Crippen LogP contribution >= 0.6 is 0 Å². The molecule has 1 unspecified atom stereocenters. The zero-order chi connectivity index (χ0) is 10.7. The third kappa shape index (κ3) is 4.40. The maximum absolute atomic E-state index is 5.89. The average molecular weight is 200 g/mol. The van der Waals surface area contributed by atoms with Gasteiger partial charge in [-0.2, -0.15) is 0 Å². The van der Waals surface area contributed by atoms with Crippen molar-refractivity contribution in [2.75, 3.05) is 19.7 Å². The van der Waals surface area contributed by atoms with Crippen molar-refractivity contribution >= 4 is 0 Å². The van der Waals surface area contributed by atoms with E-state index in [-0.39, 0.29) is 11.1 Å². The number of rotatable bonds is 5. The zero-order valence-electron chi connectivity index (χ0n) is 9.73. The maximum atomic E-state index is 5.89. The van der Waals surface area contributed by atoms with Gasteiger partial charge in [0.05, 0.1) is 5.60 Å². The Hall–Kier alpha value is -0.120. The first-order valence-electron chi connectivity index (χ1n) is 5.55. The summed E-state index contributed by atoms with van der Waals surface area (Å²) in [6.45, 7) is 9.14. The Labute approximate surface area is 87.4 Å². The van der Waals surface area contributed by atoms with Crippen molar-refractivity contribution in [1.82, 2.24) is 5.32 Å². The second-order valence-electron chi connectivity index (χ2n) is 5.32. The van der Waals surface area contributed by atoms with Crippen LogP contribution in [0.25, 0.3) is 0 Å². The summed E-state index contributed by atoms with van der Waals surface area (Å²) in [5.41, 5.74) is 5.89. The molecule has 0 amide bonds. The lowest BCUT2D eigenvalue weighted by Crippen LogP contribution is -2.41. The summed E-state index contributed by atoms with van der Waals surface area (Å²) < 4.78 is 5.68. The van der Waals surface area contributed by atoms with Gasteiger partial charge in [0.25, 0.3) is 0 Å².